The summed E-state index contributed by atoms with van der Waals surface area (Å²) in [4.78, 5) is 11.8. The second kappa shape index (κ2) is 6.52. The zero-order valence-corrected chi connectivity index (χ0v) is 12.6. The second-order valence-corrected chi connectivity index (χ2v) is 6.04. The molecular weight excluding hydrogens is 285 g/mol. The third-order valence-electron chi connectivity index (χ3n) is 3.30. The molecule has 0 aliphatic rings. The summed E-state index contributed by atoms with van der Waals surface area (Å²) in [5, 5.41) is 32.0. The summed E-state index contributed by atoms with van der Waals surface area (Å²) < 4.78 is 5.40. The zero-order chi connectivity index (χ0) is 16.3. The number of hydrogen-bond donors (Lipinski definition) is 4. The quantitative estimate of drug-likeness (QED) is 0.586. The van der Waals surface area contributed by atoms with Crippen LogP contribution in [-0.4, -0.2) is 39.7 Å². The Kier molecular flexibility index (Phi) is 4.90. The minimum Gasteiger partial charge on any atom is -0.464 e. The maximum Gasteiger partial charge on any atom is 0.475 e. The van der Waals surface area contributed by atoms with E-state index < -0.39 is 24.6 Å². The van der Waals surface area contributed by atoms with E-state index >= 15 is 0 Å². The van der Waals surface area contributed by atoms with Crippen LogP contribution in [0.3, 0.4) is 0 Å². The largest absolute Gasteiger partial charge is 0.475 e. The Labute approximate surface area is 128 Å². The normalized spacial score (nSPS) is 13.1. The number of carbonyl (C=O) groups excluding carboxylic acids is 1. The summed E-state index contributed by atoms with van der Waals surface area (Å²) in [6, 6.07) is 7.39. The SMILES string of the molecule is CC(C)(O)CC(=O)N[C@@H](Cc1coc2ccccc12)B(O)O. The van der Waals surface area contributed by atoms with Gasteiger partial charge in [0.15, 0.2) is 0 Å². The highest BCUT2D eigenvalue weighted by Gasteiger charge is 2.28. The Morgan fingerprint density at radius 3 is 2.68 bits per heavy atom. The lowest BCUT2D eigenvalue weighted by Gasteiger charge is -2.21. The molecule has 0 bridgehead atoms. The molecule has 1 atom stereocenters. The predicted molar refractivity (Wildman–Crippen MR) is 83.0 cm³/mol. The number of aliphatic hydroxyl groups is 1. The number of para-hydroxylation sites is 1. The number of nitrogens with one attached hydrogen (secondary N) is 1. The van der Waals surface area contributed by atoms with E-state index in [1.165, 1.54) is 13.8 Å². The Balaban J connectivity index is 2.11. The van der Waals surface area contributed by atoms with Gasteiger partial charge in [0.2, 0.25) is 5.91 Å². The average molecular weight is 305 g/mol. The summed E-state index contributed by atoms with van der Waals surface area (Å²) in [5.74, 6) is -1.32. The third-order valence-corrected chi connectivity index (χ3v) is 3.30. The topological polar surface area (TPSA) is 103 Å². The summed E-state index contributed by atoms with van der Waals surface area (Å²) in [6.45, 7) is 3.03. The lowest BCUT2D eigenvalue weighted by atomic mass is 9.75. The van der Waals surface area contributed by atoms with Crippen molar-refractivity contribution in [2.24, 2.45) is 0 Å². The van der Waals surface area contributed by atoms with Gasteiger partial charge < -0.3 is 24.9 Å². The molecule has 0 unspecified atom stereocenters. The molecule has 0 aliphatic carbocycles. The van der Waals surface area contributed by atoms with Gasteiger partial charge in [-0.15, -0.1) is 0 Å². The Morgan fingerprint density at radius 2 is 2.05 bits per heavy atom. The molecule has 22 heavy (non-hydrogen) atoms. The Morgan fingerprint density at radius 1 is 1.36 bits per heavy atom. The van der Waals surface area contributed by atoms with E-state index in [9.17, 15) is 19.9 Å². The van der Waals surface area contributed by atoms with Gasteiger partial charge in [0.25, 0.3) is 0 Å². The summed E-state index contributed by atoms with van der Waals surface area (Å²) >= 11 is 0. The fourth-order valence-corrected chi connectivity index (χ4v) is 2.31. The van der Waals surface area contributed by atoms with Crippen molar-refractivity contribution in [3.63, 3.8) is 0 Å². The van der Waals surface area contributed by atoms with Gasteiger partial charge in [-0.25, -0.2) is 0 Å². The highest BCUT2D eigenvalue weighted by atomic mass is 16.4. The lowest BCUT2D eigenvalue weighted by Crippen LogP contribution is -2.49. The van der Waals surface area contributed by atoms with Gasteiger partial charge in [-0.2, -0.15) is 0 Å². The van der Waals surface area contributed by atoms with Gasteiger partial charge in [-0.3, -0.25) is 4.79 Å². The van der Waals surface area contributed by atoms with E-state index in [0.717, 1.165) is 10.9 Å². The predicted octanol–water partition coefficient (Wildman–Crippen LogP) is 0.633. The maximum atomic E-state index is 11.8. The number of carbonyl (C=O) groups is 1. The Bertz CT molecular complexity index is 647. The molecule has 1 aromatic carbocycles. The van der Waals surface area contributed by atoms with Crippen molar-refractivity contribution in [1.82, 2.24) is 5.32 Å². The Hall–Kier alpha value is -1.83. The standard InChI is InChI=1S/C15H20BNO5/c1-15(2,19)8-14(18)17-13(16(20)21)7-10-9-22-12-6-4-3-5-11(10)12/h3-6,9,13,19-21H,7-8H2,1-2H3,(H,17,18)/t13-/m0/s1. The van der Waals surface area contributed by atoms with Gasteiger partial charge in [0, 0.05) is 5.39 Å². The van der Waals surface area contributed by atoms with Crippen LogP contribution in [0.4, 0.5) is 0 Å². The van der Waals surface area contributed by atoms with E-state index in [-0.39, 0.29) is 12.8 Å². The van der Waals surface area contributed by atoms with Crippen LogP contribution < -0.4 is 5.32 Å². The van der Waals surface area contributed by atoms with Crippen LogP contribution in [0.2, 0.25) is 0 Å². The van der Waals surface area contributed by atoms with Crippen molar-refractivity contribution >= 4 is 24.0 Å². The molecule has 0 spiro atoms. The number of benzene rings is 1. The van der Waals surface area contributed by atoms with E-state index in [2.05, 4.69) is 5.32 Å². The number of fused-ring (bicyclic) bond motifs is 1. The van der Waals surface area contributed by atoms with Crippen molar-refractivity contribution in [2.45, 2.75) is 38.2 Å². The molecule has 0 saturated carbocycles. The van der Waals surface area contributed by atoms with Crippen LogP contribution in [0.15, 0.2) is 34.9 Å². The first kappa shape index (κ1) is 16.5. The van der Waals surface area contributed by atoms with Crippen molar-refractivity contribution in [3.8, 4) is 0 Å². The lowest BCUT2D eigenvalue weighted by molar-refractivity contribution is -0.125. The molecule has 0 radical (unpaired) electrons. The first-order chi connectivity index (χ1) is 10.3. The van der Waals surface area contributed by atoms with Gasteiger partial charge in [0.05, 0.1) is 24.2 Å². The van der Waals surface area contributed by atoms with E-state index in [4.69, 9.17) is 4.42 Å². The fraction of sp³-hybridized carbons (Fsp3) is 0.400. The fourth-order valence-electron chi connectivity index (χ4n) is 2.31. The van der Waals surface area contributed by atoms with Gasteiger partial charge in [0.1, 0.15) is 5.58 Å². The van der Waals surface area contributed by atoms with Gasteiger partial charge in [-0.05, 0) is 31.9 Å². The molecule has 1 heterocycles. The number of hydrogen-bond acceptors (Lipinski definition) is 5. The van der Waals surface area contributed by atoms with Crippen molar-refractivity contribution in [2.75, 3.05) is 0 Å². The van der Waals surface area contributed by atoms with Crippen molar-refractivity contribution in [1.29, 1.82) is 0 Å². The summed E-state index contributed by atoms with van der Waals surface area (Å²) in [5.41, 5.74) is 0.320. The number of furan rings is 1. The monoisotopic (exact) mass is 305 g/mol. The smallest absolute Gasteiger partial charge is 0.464 e. The average Bonchev–Trinajstić information content (AvgIpc) is 2.79. The third kappa shape index (κ3) is 4.33. The maximum absolute atomic E-state index is 11.8. The highest BCUT2D eigenvalue weighted by Crippen LogP contribution is 2.22. The molecule has 6 nitrogen and oxygen atoms in total. The van der Waals surface area contributed by atoms with Crippen LogP contribution in [0.25, 0.3) is 11.0 Å². The molecule has 1 aromatic heterocycles. The summed E-state index contributed by atoms with van der Waals surface area (Å²) in [7, 11) is -1.71. The first-order valence-corrected chi connectivity index (χ1v) is 7.09. The van der Waals surface area contributed by atoms with Crippen LogP contribution in [0, 0.1) is 0 Å². The number of amides is 1. The number of rotatable bonds is 6. The van der Waals surface area contributed by atoms with Crippen LogP contribution in [0.1, 0.15) is 25.8 Å². The molecule has 1 amide bonds. The van der Waals surface area contributed by atoms with Crippen LogP contribution in [0.5, 0.6) is 0 Å². The van der Waals surface area contributed by atoms with Gasteiger partial charge in [-0.1, -0.05) is 18.2 Å². The molecule has 2 rings (SSSR count). The molecule has 2 aromatic rings. The molecular formula is C15H20BNO5. The molecule has 118 valence electrons. The molecule has 0 fully saturated rings. The minimum atomic E-state index is -1.71. The van der Waals surface area contributed by atoms with Gasteiger partial charge >= 0.3 is 7.12 Å². The molecule has 4 N–H and O–H groups in total. The summed E-state index contributed by atoms with van der Waals surface area (Å²) in [6.07, 6.45) is 1.64. The highest BCUT2D eigenvalue weighted by molar-refractivity contribution is 6.43. The molecule has 0 saturated heterocycles. The van der Waals surface area contributed by atoms with Crippen LogP contribution >= 0.6 is 0 Å². The minimum absolute atomic E-state index is 0.123. The first-order valence-electron chi connectivity index (χ1n) is 7.09. The van der Waals surface area contributed by atoms with Crippen molar-refractivity contribution < 1.29 is 24.4 Å². The zero-order valence-electron chi connectivity index (χ0n) is 12.6. The van der Waals surface area contributed by atoms with E-state index in [0.29, 0.717) is 5.58 Å². The van der Waals surface area contributed by atoms with E-state index in [1.54, 1.807) is 6.26 Å². The molecule has 0 aliphatic heterocycles. The van der Waals surface area contributed by atoms with Crippen molar-refractivity contribution in [3.05, 3.63) is 36.1 Å². The van der Waals surface area contributed by atoms with Crippen LogP contribution in [-0.2, 0) is 11.2 Å². The second-order valence-electron chi connectivity index (χ2n) is 6.04. The van der Waals surface area contributed by atoms with E-state index in [1.807, 2.05) is 24.3 Å². The molecule has 7 heteroatoms.